The van der Waals surface area contributed by atoms with Crippen LogP contribution in [0.3, 0.4) is 0 Å². The van der Waals surface area contributed by atoms with Crippen molar-refractivity contribution in [3.63, 3.8) is 0 Å². The maximum Gasteiger partial charge on any atom is 0.305 e. The molecule has 1 rings (SSSR count). The van der Waals surface area contributed by atoms with E-state index in [1.165, 1.54) is 0 Å². The Hall–Kier alpha value is -0.610. The van der Waals surface area contributed by atoms with Crippen LogP contribution in [0.2, 0.25) is 0 Å². The summed E-state index contributed by atoms with van der Waals surface area (Å²) >= 11 is 0. The molecule has 1 aliphatic heterocycles. The molecule has 1 fully saturated rings. The second-order valence-corrected chi connectivity index (χ2v) is 4.15. The molecule has 1 unspecified atom stereocenters. The van der Waals surface area contributed by atoms with Crippen LogP contribution < -0.4 is 0 Å². The van der Waals surface area contributed by atoms with E-state index in [0.717, 1.165) is 12.8 Å². The molecule has 15 heavy (non-hydrogen) atoms. The van der Waals surface area contributed by atoms with E-state index in [2.05, 4.69) is 0 Å². The van der Waals surface area contributed by atoms with E-state index in [4.69, 9.17) is 14.2 Å². The number of carbonyl (C=O) groups excluding carboxylic acids is 1. The molecule has 0 bridgehead atoms. The summed E-state index contributed by atoms with van der Waals surface area (Å²) in [5.74, 6) is -0.593. The predicted octanol–water partition coefficient (Wildman–Crippen LogP) is 1.87. The number of carbonyl (C=O) groups is 1. The third-order valence-corrected chi connectivity index (χ3v) is 2.28. The van der Waals surface area contributed by atoms with Crippen molar-refractivity contribution >= 4 is 5.97 Å². The first-order valence-electron chi connectivity index (χ1n) is 5.51. The van der Waals surface area contributed by atoms with Crippen LogP contribution in [-0.4, -0.2) is 31.1 Å². The van der Waals surface area contributed by atoms with Crippen LogP contribution >= 0.6 is 0 Å². The predicted molar refractivity (Wildman–Crippen MR) is 55.4 cm³/mol. The summed E-state index contributed by atoms with van der Waals surface area (Å²) in [6.45, 7) is 6.69. The summed E-state index contributed by atoms with van der Waals surface area (Å²) in [5, 5.41) is 0. The van der Waals surface area contributed by atoms with Gasteiger partial charge in [0.2, 0.25) is 0 Å². The molecule has 1 atom stereocenters. The largest absolute Gasteiger partial charge is 0.466 e. The quantitative estimate of drug-likeness (QED) is 0.658. The van der Waals surface area contributed by atoms with Crippen LogP contribution in [0.15, 0.2) is 0 Å². The number of hydrogen-bond acceptors (Lipinski definition) is 4. The third kappa shape index (κ3) is 4.62. The van der Waals surface area contributed by atoms with E-state index in [-0.39, 0.29) is 12.1 Å². The number of hydrogen-bond donors (Lipinski definition) is 0. The summed E-state index contributed by atoms with van der Waals surface area (Å²) in [7, 11) is 0. The van der Waals surface area contributed by atoms with Crippen molar-refractivity contribution in [2.45, 2.75) is 51.9 Å². The lowest BCUT2D eigenvalue weighted by atomic mass is 10.1. The Kier molecular flexibility index (Phi) is 4.54. The molecule has 0 aromatic heterocycles. The van der Waals surface area contributed by atoms with Crippen molar-refractivity contribution in [2.24, 2.45) is 0 Å². The smallest absolute Gasteiger partial charge is 0.305 e. The first-order chi connectivity index (χ1) is 7.03. The number of ether oxygens (including phenoxy) is 3. The summed E-state index contributed by atoms with van der Waals surface area (Å²) in [4.78, 5) is 11.0. The molecular formula is C11H20O4. The van der Waals surface area contributed by atoms with E-state index < -0.39 is 5.79 Å². The van der Waals surface area contributed by atoms with E-state index in [0.29, 0.717) is 19.6 Å². The Morgan fingerprint density at radius 3 is 2.80 bits per heavy atom. The number of rotatable bonds is 5. The van der Waals surface area contributed by atoms with Gasteiger partial charge in [-0.2, -0.15) is 0 Å². The zero-order chi connectivity index (χ0) is 11.3. The van der Waals surface area contributed by atoms with Crippen LogP contribution in [0, 0.1) is 0 Å². The summed E-state index contributed by atoms with van der Waals surface area (Å²) in [6.07, 6.45) is 2.23. The second-order valence-electron chi connectivity index (χ2n) is 4.15. The lowest BCUT2D eigenvalue weighted by molar-refractivity contribution is -0.144. The molecule has 0 radical (unpaired) electrons. The molecule has 4 heteroatoms. The minimum absolute atomic E-state index is 0.120. The highest BCUT2D eigenvalue weighted by atomic mass is 16.7. The second kappa shape index (κ2) is 5.47. The van der Waals surface area contributed by atoms with Crippen LogP contribution in [0.25, 0.3) is 0 Å². The Morgan fingerprint density at radius 1 is 1.53 bits per heavy atom. The van der Waals surface area contributed by atoms with Gasteiger partial charge >= 0.3 is 5.97 Å². The maximum atomic E-state index is 11.0. The Balaban J connectivity index is 2.09. The average Bonchev–Trinajstić information content (AvgIpc) is 2.46. The molecule has 1 heterocycles. The molecule has 1 aliphatic rings. The average molecular weight is 216 g/mol. The highest BCUT2D eigenvalue weighted by Gasteiger charge is 2.32. The topological polar surface area (TPSA) is 44.8 Å². The molecule has 0 aromatic carbocycles. The van der Waals surface area contributed by atoms with Crippen LogP contribution in [0.5, 0.6) is 0 Å². The minimum atomic E-state index is -0.464. The molecule has 4 nitrogen and oxygen atoms in total. The molecule has 0 aromatic rings. The normalized spacial score (nSPS) is 24.1. The lowest BCUT2D eigenvalue weighted by Gasteiger charge is -2.16. The van der Waals surface area contributed by atoms with Crippen molar-refractivity contribution in [2.75, 3.05) is 13.2 Å². The Bertz CT molecular complexity index is 213. The molecule has 88 valence electrons. The SMILES string of the molecule is CCOC(=O)CCCC1COC(C)(C)O1. The molecule has 0 N–H and O–H groups in total. The fourth-order valence-corrected chi connectivity index (χ4v) is 1.61. The van der Waals surface area contributed by atoms with Gasteiger partial charge in [0.25, 0.3) is 0 Å². The fourth-order valence-electron chi connectivity index (χ4n) is 1.61. The van der Waals surface area contributed by atoms with Crippen LogP contribution in [0.1, 0.15) is 40.0 Å². The molecule has 0 saturated carbocycles. The van der Waals surface area contributed by atoms with E-state index in [1.54, 1.807) is 0 Å². The Morgan fingerprint density at radius 2 is 2.27 bits per heavy atom. The van der Waals surface area contributed by atoms with Crippen LogP contribution in [-0.2, 0) is 19.0 Å². The van der Waals surface area contributed by atoms with E-state index >= 15 is 0 Å². The van der Waals surface area contributed by atoms with Gasteiger partial charge in [0.15, 0.2) is 5.79 Å². The standard InChI is InChI=1S/C11H20O4/c1-4-13-10(12)7-5-6-9-8-14-11(2,3)15-9/h9H,4-8H2,1-3H3. The van der Waals surface area contributed by atoms with Crippen LogP contribution in [0.4, 0.5) is 0 Å². The molecule has 0 amide bonds. The van der Waals surface area contributed by atoms with Gasteiger partial charge in [-0.15, -0.1) is 0 Å². The fraction of sp³-hybridized carbons (Fsp3) is 0.909. The molecule has 0 aliphatic carbocycles. The van der Waals surface area contributed by atoms with Gasteiger partial charge in [0.1, 0.15) is 0 Å². The minimum Gasteiger partial charge on any atom is -0.466 e. The number of esters is 1. The van der Waals surface area contributed by atoms with Gasteiger partial charge in [-0.05, 0) is 33.6 Å². The zero-order valence-electron chi connectivity index (χ0n) is 9.75. The first-order valence-corrected chi connectivity index (χ1v) is 5.51. The van der Waals surface area contributed by atoms with Crippen molar-refractivity contribution in [1.29, 1.82) is 0 Å². The molecule has 1 saturated heterocycles. The third-order valence-electron chi connectivity index (χ3n) is 2.28. The first kappa shape index (κ1) is 12.5. The van der Waals surface area contributed by atoms with E-state index in [9.17, 15) is 4.79 Å². The van der Waals surface area contributed by atoms with Gasteiger partial charge < -0.3 is 14.2 Å². The maximum absolute atomic E-state index is 11.0. The van der Waals surface area contributed by atoms with Gasteiger partial charge in [-0.3, -0.25) is 4.79 Å². The van der Waals surface area contributed by atoms with Crippen molar-refractivity contribution in [3.8, 4) is 0 Å². The van der Waals surface area contributed by atoms with Crippen molar-refractivity contribution in [3.05, 3.63) is 0 Å². The van der Waals surface area contributed by atoms with Gasteiger partial charge in [0.05, 0.1) is 19.3 Å². The van der Waals surface area contributed by atoms with Gasteiger partial charge in [0, 0.05) is 6.42 Å². The van der Waals surface area contributed by atoms with Crippen molar-refractivity contribution in [1.82, 2.24) is 0 Å². The van der Waals surface area contributed by atoms with Gasteiger partial charge in [-0.25, -0.2) is 0 Å². The zero-order valence-corrected chi connectivity index (χ0v) is 9.75. The Labute approximate surface area is 90.9 Å². The highest BCUT2D eigenvalue weighted by molar-refractivity contribution is 5.69. The summed E-state index contributed by atoms with van der Waals surface area (Å²) in [6, 6.07) is 0. The monoisotopic (exact) mass is 216 g/mol. The van der Waals surface area contributed by atoms with Crippen molar-refractivity contribution < 1.29 is 19.0 Å². The summed E-state index contributed by atoms with van der Waals surface area (Å²) in [5.41, 5.74) is 0. The lowest BCUT2D eigenvalue weighted by Crippen LogP contribution is -2.21. The highest BCUT2D eigenvalue weighted by Crippen LogP contribution is 2.25. The van der Waals surface area contributed by atoms with Gasteiger partial charge in [-0.1, -0.05) is 0 Å². The van der Waals surface area contributed by atoms with E-state index in [1.807, 2.05) is 20.8 Å². The molecular weight excluding hydrogens is 196 g/mol. The molecule has 0 spiro atoms. The summed E-state index contributed by atoms with van der Waals surface area (Å²) < 4.78 is 15.9.